The zero-order valence-corrected chi connectivity index (χ0v) is 9.17. The zero-order chi connectivity index (χ0) is 9.97. The van der Waals surface area contributed by atoms with Crippen LogP contribution in [0.4, 0.5) is 4.79 Å². The molecule has 0 aromatic rings. The SMILES string of the molecule is O=C(Cl)N1CCCC(N2CCCC2)C1. The summed E-state index contributed by atoms with van der Waals surface area (Å²) in [6.45, 7) is 4.08. The minimum absolute atomic E-state index is 0.283. The number of hydrogen-bond acceptors (Lipinski definition) is 2. The Morgan fingerprint density at radius 1 is 1.14 bits per heavy atom. The van der Waals surface area contributed by atoms with E-state index in [1.807, 2.05) is 0 Å². The molecule has 2 heterocycles. The van der Waals surface area contributed by atoms with E-state index in [1.54, 1.807) is 4.90 Å². The molecule has 0 aliphatic carbocycles. The molecule has 0 bridgehead atoms. The van der Waals surface area contributed by atoms with Gasteiger partial charge in [0, 0.05) is 19.1 Å². The van der Waals surface area contributed by atoms with E-state index in [0.29, 0.717) is 6.04 Å². The number of piperidine rings is 1. The normalized spacial score (nSPS) is 29.5. The maximum Gasteiger partial charge on any atom is 0.316 e. The Bertz CT molecular complexity index is 216. The Hall–Kier alpha value is -0.280. The third-order valence-electron chi connectivity index (χ3n) is 3.30. The molecule has 0 aromatic heterocycles. The summed E-state index contributed by atoms with van der Waals surface area (Å²) in [5.41, 5.74) is 0. The molecular weight excluding hydrogens is 200 g/mol. The van der Waals surface area contributed by atoms with E-state index in [4.69, 9.17) is 11.6 Å². The van der Waals surface area contributed by atoms with Crippen LogP contribution in [0.3, 0.4) is 0 Å². The van der Waals surface area contributed by atoms with Crippen LogP contribution in [0.15, 0.2) is 0 Å². The van der Waals surface area contributed by atoms with Gasteiger partial charge in [-0.25, -0.2) is 0 Å². The van der Waals surface area contributed by atoms with Gasteiger partial charge in [-0.1, -0.05) is 0 Å². The number of amides is 1. The van der Waals surface area contributed by atoms with Crippen LogP contribution in [0.2, 0.25) is 0 Å². The van der Waals surface area contributed by atoms with Crippen molar-refractivity contribution < 1.29 is 4.79 Å². The van der Waals surface area contributed by atoms with Gasteiger partial charge in [-0.3, -0.25) is 9.69 Å². The van der Waals surface area contributed by atoms with Gasteiger partial charge in [0.05, 0.1) is 0 Å². The average molecular weight is 217 g/mol. The van der Waals surface area contributed by atoms with E-state index in [9.17, 15) is 4.79 Å². The van der Waals surface area contributed by atoms with E-state index in [0.717, 1.165) is 19.5 Å². The largest absolute Gasteiger partial charge is 0.328 e. The summed E-state index contributed by atoms with van der Waals surface area (Å²) in [5, 5.41) is -0.283. The first-order valence-corrected chi connectivity index (χ1v) is 5.83. The van der Waals surface area contributed by atoms with Crippen LogP contribution >= 0.6 is 11.6 Å². The van der Waals surface area contributed by atoms with Crippen LogP contribution in [0.25, 0.3) is 0 Å². The summed E-state index contributed by atoms with van der Waals surface area (Å²) in [6.07, 6.45) is 4.94. The molecule has 0 aromatic carbocycles. The molecule has 2 saturated heterocycles. The lowest BCUT2D eigenvalue weighted by Crippen LogP contribution is -2.47. The van der Waals surface area contributed by atoms with E-state index in [1.165, 1.54) is 32.4 Å². The van der Waals surface area contributed by atoms with Crippen LogP contribution in [0, 0.1) is 0 Å². The Balaban J connectivity index is 1.89. The fraction of sp³-hybridized carbons (Fsp3) is 0.900. The number of halogens is 1. The molecule has 2 rings (SSSR count). The number of nitrogens with zero attached hydrogens (tertiary/aromatic N) is 2. The molecule has 2 fully saturated rings. The maximum atomic E-state index is 11.0. The van der Waals surface area contributed by atoms with Gasteiger partial charge < -0.3 is 4.90 Å². The van der Waals surface area contributed by atoms with Crippen molar-refractivity contribution in [1.82, 2.24) is 9.80 Å². The van der Waals surface area contributed by atoms with Gasteiger partial charge in [-0.15, -0.1) is 0 Å². The van der Waals surface area contributed by atoms with Gasteiger partial charge in [-0.05, 0) is 50.4 Å². The number of rotatable bonds is 1. The predicted octanol–water partition coefficient (Wildman–Crippen LogP) is 1.91. The number of likely N-dealkylation sites (tertiary alicyclic amines) is 2. The smallest absolute Gasteiger partial charge is 0.316 e. The summed E-state index contributed by atoms with van der Waals surface area (Å²) in [6, 6.07) is 0.564. The van der Waals surface area contributed by atoms with Crippen molar-refractivity contribution in [3.8, 4) is 0 Å². The molecule has 0 N–H and O–H groups in total. The van der Waals surface area contributed by atoms with Crippen LogP contribution in [-0.2, 0) is 0 Å². The van der Waals surface area contributed by atoms with E-state index in [-0.39, 0.29) is 5.37 Å². The second-order valence-corrected chi connectivity index (χ2v) is 4.56. The van der Waals surface area contributed by atoms with Crippen LogP contribution in [0.1, 0.15) is 25.7 Å². The van der Waals surface area contributed by atoms with E-state index < -0.39 is 0 Å². The van der Waals surface area contributed by atoms with E-state index in [2.05, 4.69) is 4.90 Å². The zero-order valence-electron chi connectivity index (χ0n) is 8.41. The van der Waals surface area contributed by atoms with Crippen molar-refractivity contribution in [2.45, 2.75) is 31.7 Å². The van der Waals surface area contributed by atoms with Crippen molar-refractivity contribution >= 4 is 17.0 Å². The topological polar surface area (TPSA) is 23.6 Å². The maximum absolute atomic E-state index is 11.0. The first-order chi connectivity index (χ1) is 6.77. The van der Waals surface area contributed by atoms with Gasteiger partial charge in [-0.2, -0.15) is 0 Å². The second kappa shape index (κ2) is 4.49. The highest BCUT2D eigenvalue weighted by Gasteiger charge is 2.28. The lowest BCUT2D eigenvalue weighted by Gasteiger charge is -2.36. The Morgan fingerprint density at radius 3 is 2.50 bits per heavy atom. The summed E-state index contributed by atoms with van der Waals surface area (Å²) >= 11 is 5.50. The highest BCUT2D eigenvalue weighted by atomic mass is 35.5. The molecule has 2 aliphatic heterocycles. The summed E-state index contributed by atoms with van der Waals surface area (Å²) in [7, 11) is 0. The van der Waals surface area contributed by atoms with Crippen LogP contribution < -0.4 is 0 Å². The first kappa shape index (κ1) is 10.2. The lowest BCUT2D eigenvalue weighted by molar-refractivity contribution is 0.136. The number of carbonyl (C=O) groups excluding carboxylic acids is 1. The predicted molar refractivity (Wildman–Crippen MR) is 56.7 cm³/mol. The Labute approximate surface area is 90.0 Å². The fourth-order valence-electron chi connectivity index (χ4n) is 2.52. The lowest BCUT2D eigenvalue weighted by atomic mass is 10.1. The molecule has 1 unspecified atom stereocenters. The second-order valence-electron chi connectivity index (χ2n) is 4.24. The number of hydrogen-bond donors (Lipinski definition) is 0. The van der Waals surface area contributed by atoms with Crippen molar-refractivity contribution in [1.29, 1.82) is 0 Å². The molecule has 0 spiro atoms. The molecular formula is C10H17ClN2O. The monoisotopic (exact) mass is 216 g/mol. The van der Waals surface area contributed by atoms with Crippen molar-refractivity contribution in [3.05, 3.63) is 0 Å². The Morgan fingerprint density at radius 2 is 1.86 bits per heavy atom. The molecule has 2 aliphatic rings. The van der Waals surface area contributed by atoms with Gasteiger partial charge in [0.15, 0.2) is 0 Å². The van der Waals surface area contributed by atoms with Gasteiger partial charge in [0.2, 0.25) is 0 Å². The highest BCUT2D eigenvalue weighted by molar-refractivity contribution is 6.62. The summed E-state index contributed by atoms with van der Waals surface area (Å²) in [4.78, 5) is 15.3. The van der Waals surface area contributed by atoms with Crippen LogP contribution in [-0.4, -0.2) is 47.4 Å². The standard InChI is InChI=1S/C10H17ClN2O/c11-10(14)13-7-3-4-9(8-13)12-5-1-2-6-12/h9H,1-8H2. The van der Waals surface area contributed by atoms with Gasteiger partial charge in [0.1, 0.15) is 0 Å². The number of carbonyl (C=O) groups is 1. The average Bonchev–Trinajstić information content (AvgIpc) is 2.71. The molecule has 3 nitrogen and oxygen atoms in total. The molecule has 1 amide bonds. The minimum Gasteiger partial charge on any atom is -0.328 e. The minimum atomic E-state index is -0.283. The molecule has 80 valence electrons. The third-order valence-corrected chi connectivity index (χ3v) is 3.54. The van der Waals surface area contributed by atoms with E-state index >= 15 is 0 Å². The summed E-state index contributed by atoms with van der Waals surface area (Å²) in [5.74, 6) is 0. The fourth-order valence-corrected chi connectivity index (χ4v) is 2.67. The van der Waals surface area contributed by atoms with Crippen molar-refractivity contribution in [2.75, 3.05) is 26.2 Å². The molecule has 4 heteroatoms. The molecule has 0 radical (unpaired) electrons. The molecule has 0 saturated carbocycles. The van der Waals surface area contributed by atoms with Crippen LogP contribution in [0.5, 0.6) is 0 Å². The first-order valence-electron chi connectivity index (χ1n) is 5.46. The molecule has 14 heavy (non-hydrogen) atoms. The third kappa shape index (κ3) is 2.20. The van der Waals surface area contributed by atoms with Crippen molar-refractivity contribution in [2.24, 2.45) is 0 Å². The van der Waals surface area contributed by atoms with Crippen molar-refractivity contribution in [3.63, 3.8) is 0 Å². The highest BCUT2D eigenvalue weighted by Crippen LogP contribution is 2.20. The molecule has 1 atom stereocenters. The quantitative estimate of drug-likeness (QED) is 0.494. The van der Waals surface area contributed by atoms with Gasteiger partial charge >= 0.3 is 5.37 Å². The Kier molecular flexibility index (Phi) is 3.29. The summed E-state index contributed by atoms with van der Waals surface area (Å²) < 4.78 is 0. The van der Waals surface area contributed by atoms with Gasteiger partial charge in [0.25, 0.3) is 0 Å².